The summed E-state index contributed by atoms with van der Waals surface area (Å²) in [6.45, 7) is 3.39. The fraction of sp³-hybridized carbons (Fsp3) is 0.500. The third-order valence-electron chi connectivity index (χ3n) is 3.54. The molecule has 0 saturated carbocycles. The van der Waals surface area contributed by atoms with Crippen LogP contribution in [0.25, 0.3) is 0 Å². The van der Waals surface area contributed by atoms with E-state index < -0.39 is 5.97 Å². The molecule has 0 amide bonds. The van der Waals surface area contributed by atoms with Gasteiger partial charge in [0.1, 0.15) is 5.75 Å². The van der Waals surface area contributed by atoms with Gasteiger partial charge in [0.2, 0.25) is 0 Å². The first kappa shape index (κ1) is 13.8. The van der Waals surface area contributed by atoms with Gasteiger partial charge in [-0.1, -0.05) is 18.2 Å². The second-order valence-corrected chi connectivity index (χ2v) is 5.06. The van der Waals surface area contributed by atoms with Crippen molar-refractivity contribution in [1.29, 1.82) is 0 Å². The minimum atomic E-state index is -0.777. The van der Waals surface area contributed by atoms with Crippen molar-refractivity contribution in [3.8, 4) is 5.75 Å². The maximum atomic E-state index is 11.0. The molecule has 19 heavy (non-hydrogen) atoms. The first-order chi connectivity index (χ1) is 9.06. The van der Waals surface area contributed by atoms with Crippen LogP contribution in [-0.2, 0) is 4.79 Å². The van der Waals surface area contributed by atoms with E-state index in [1.807, 2.05) is 31.2 Å². The zero-order valence-electron chi connectivity index (χ0n) is 11.3. The van der Waals surface area contributed by atoms with E-state index in [2.05, 4.69) is 10.6 Å². The Balaban J connectivity index is 2.11. The van der Waals surface area contributed by atoms with Gasteiger partial charge >= 0.3 is 5.97 Å². The third-order valence-corrected chi connectivity index (χ3v) is 3.54. The van der Waals surface area contributed by atoms with E-state index in [9.17, 15) is 4.79 Å². The molecule has 5 heteroatoms. The Hall–Kier alpha value is -1.59. The topological polar surface area (TPSA) is 70.6 Å². The Bertz CT molecular complexity index is 458. The van der Waals surface area contributed by atoms with Gasteiger partial charge in [-0.05, 0) is 13.0 Å². The fourth-order valence-corrected chi connectivity index (χ4v) is 2.56. The Labute approximate surface area is 113 Å². The van der Waals surface area contributed by atoms with Crippen molar-refractivity contribution in [3.63, 3.8) is 0 Å². The van der Waals surface area contributed by atoms with Crippen LogP contribution < -0.4 is 15.4 Å². The molecule has 1 aliphatic rings. The molecule has 0 aromatic heterocycles. The second kappa shape index (κ2) is 5.59. The summed E-state index contributed by atoms with van der Waals surface area (Å²) < 4.78 is 5.34. The number of nitrogens with one attached hydrogen (secondary N) is 2. The lowest BCUT2D eigenvalue weighted by Gasteiger charge is -2.44. The predicted molar refractivity (Wildman–Crippen MR) is 72.4 cm³/mol. The number of aliphatic carboxylic acids is 1. The number of rotatable bonds is 6. The molecule has 3 N–H and O–H groups in total. The number of carbonyl (C=O) groups is 1. The molecule has 1 saturated heterocycles. The van der Waals surface area contributed by atoms with E-state index in [0.717, 1.165) is 11.3 Å². The quantitative estimate of drug-likeness (QED) is 0.719. The highest BCUT2D eigenvalue weighted by atomic mass is 16.5. The fourth-order valence-electron chi connectivity index (χ4n) is 2.56. The van der Waals surface area contributed by atoms with Crippen LogP contribution >= 0.6 is 0 Å². The van der Waals surface area contributed by atoms with Gasteiger partial charge in [-0.2, -0.15) is 0 Å². The summed E-state index contributed by atoms with van der Waals surface area (Å²) in [6, 6.07) is 7.83. The molecule has 2 rings (SSSR count). The minimum Gasteiger partial charge on any atom is -0.496 e. The largest absolute Gasteiger partial charge is 0.496 e. The van der Waals surface area contributed by atoms with Gasteiger partial charge in [0, 0.05) is 24.7 Å². The SMILES string of the molecule is COc1ccccc1[C@H](C)NC1(CC(=O)O)CNC1. The van der Waals surface area contributed by atoms with Gasteiger partial charge in [-0.25, -0.2) is 0 Å². The number of benzene rings is 1. The van der Waals surface area contributed by atoms with Gasteiger partial charge < -0.3 is 20.5 Å². The molecule has 1 aliphatic heterocycles. The van der Waals surface area contributed by atoms with E-state index in [1.54, 1.807) is 7.11 Å². The Morgan fingerprint density at radius 2 is 2.21 bits per heavy atom. The third kappa shape index (κ3) is 3.05. The zero-order chi connectivity index (χ0) is 13.9. The lowest BCUT2D eigenvalue weighted by Crippen LogP contribution is -2.68. The summed E-state index contributed by atoms with van der Waals surface area (Å²) in [6.07, 6.45) is 0.124. The van der Waals surface area contributed by atoms with Crippen LogP contribution in [-0.4, -0.2) is 36.8 Å². The second-order valence-electron chi connectivity index (χ2n) is 5.06. The van der Waals surface area contributed by atoms with E-state index in [0.29, 0.717) is 13.1 Å². The minimum absolute atomic E-state index is 0.0394. The van der Waals surface area contributed by atoms with Crippen LogP contribution in [0.15, 0.2) is 24.3 Å². The smallest absolute Gasteiger partial charge is 0.305 e. The molecule has 0 radical (unpaired) electrons. The van der Waals surface area contributed by atoms with Crippen molar-refractivity contribution in [2.45, 2.75) is 24.9 Å². The van der Waals surface area contributed by atoms with Crippen LogP contribution in [0.3, 0.4) is 0 Å². The molecule has 1 heterocycles. The van der Waals surface area contributed by atoms with Crippen LogP contribution in [0.2, 0.25) is 0 Å². The number of hydrogen-bond acceptors (Lipinski definition) is 4. The molecule has 1 aromatic carbocycles. The number of ether oxygens (including phenoxy) is 1. The molecule has 0 unspecified atom stereocenters. The highest BCUT2D eigenvalue weighted by Crippen LogP contribution is 2.28. The van der Waals surface area contributed by atoms with Crippen molar-refractivity contribution in [2.24, 2.45) is 0 Å². The van der Waals surface area contributed by atoms with E-state index >= 15 is 0 Å². The van der Waals surface area contributed by atoms with E-state index in [1.165, 1.54) is 0 Å². The lowest BCUT2D eigenvalue weighted by molar-refractivity contribution is -0.139. The summed E-state index contributed by atoms with van der Waals surface area (Å²) >= 11 is 0. The van der Waals surface area contributed by atoms with Crippen molar-refractivity contribution >= 4 is 5.97 Å². The Kier molecular flexibility index (Phi) is 4.07. The first-order valence-electron chi connectivity index (χ1n) is 6.39. The molecule has 1 atom stereocenters. The van der Waals surface area contributed by atoms with Crippen molar-refractivity contribution < 1.29 is 14.6 Å². The molecular formula is C14H20N2O3. The number of carboxylic acids is 1. The number of para-hydroxylation sites is 1. The summed E-state index contributed by atoms with van der Waals surface area (Å²) in [5.74, 6) is 0.0430. The predicted octanol–water partition coefficient (Wildman–Crippen LogP) is 1.16. The maximum Gasteiger partial charge on any atom is 0.305 e. The van der Waals surface area contributed by atoms with Crippen molar-refractivity contribution in [2.75, 3.05) is 20.2 Å². The summed E-state index contributed by atoms with van der Waals surface area (Å²) in [7, 11) is 1.64. The number of methoxy groups -OCH3 is 1. The van der Waals surface area contributed by atoms with E-state index in [4.69, 9.17) is 9.84 Å². The zero-order valence-corrected chi connectivity index (χ0v) is 11.3. The van der Waals surface area contributed by atoms with Gasteiger partial charge in [0.05, 0.1) is 19.1 Å². The lowest BCUT2D eigenvalue weighted by atomic mass is 9.87. The molecule has 1 aromatic rings. The van der Waals surface area contributed by atoms with Gasteiger partial charge in [-0.15, -0.1) is 0 Å². The summed E-state index contributed by atoms with van der Waals surface area (Å²) in [5.41, 5.74) is 0.688. The highest BCUT2D eigenvalue weighted by Gasteiger charge is 2.40. The molecule has 0 bridgehead atoms. The molecule has 104 valence electrons. The molecule has 5 nitrogen and oxygen atoms in total. The average molecular weight is 264 g/mol. The Morgan fingerprint density at radius 3 is 2.74 bits per heavy atom. The van der Waals surface area contributed by atoms with Crippen LogP contribution in [0.1, 0.15) is 24.9 Å². The van der Waals surface area contributed by atoms with Crippen LogP contribution in [0.4, 0.5) is 0 Å². The maximum absolute atomic E-state index is 11.0. The molecule has 0 spiro atoms. The van der Waals surface area contributed by atoms with E-state index in [-0.39, 0.29) is 18.0 Å². The number of hydrogen-bond donors (Lipinski definition) is 3. The van der Waals surface area contributed by atoms with Crippen LogP contribution in [0.5, 0.6) is 5.75 Å². The van der Waals surface area contributed by atoms with Crippen molar-refractivity contribution in [3.05, 3.63) is 29.8 Å². The standard InChI is InChI=1S/C14H20N2O3/c1-10(11-5-3-4-6-12(11)19-2)16-14(7-13(17)18)8-15-9-14/h3-6,10,15-16H,7-9H2,1-2H3,(H,17,18)/t10-/m0/s1. The average Bonchev–Trinajstić information content (AvgIpc) is 2.35. The molecular weight excluding hydrogens is 244 g/mol. The molecule has 0 aliphatic carbocycles. The number of carboxylic acid groups (broad SMARTS) is 1. The summed E-state index contributed by atoms with van der Waals surface area (Å²) in [5, 5.41) is 15.6. The monoisotopic (exact) mass is 264 g/mol. The van der Waals surface area contributed by atoms with Gasteiger partial charge in [0.15, 0.2) is 0 Å². The highest BCUT2D eigenvalue weighted by molar-refractivity contribution is 5.69. The van der Waals surface area contributed by atoms with Crippen molar-refractivity contribution in [1.82, 2.24) is 10.6 Å². The van der Waals surface area contributed by atoms with Crippen LogP contribution in [0, 0.1) is 0 Å². The normalized spacial score (nSPS) is 18.4. The Morgan fingerprint density at radius 1 is 1.53 bits per heavy atom. The van der Waals surface area contributed by atoms with Gasteiger partial charge in [-0.3, -0.25) is 4.79 Å². The summed E-state index contributed by atoms with van der Waals surface area (Å²) in [4.78, 5) is 11.0. The molecule has 1 fully saturated rings. The van der Waals surface area contributed by atoms with Gasteiger partial charge in [0.25, 0.3) is 0 Å². The first-order valence-corrected chi connectivity index (χ1v) is 6.39.